The van der Waals surface area contributed by atoms with Crippen molar-refractivity contribution in [3.8, 4) is 0 Å². The highest BCUT2D eigenvalue weighted by Crippen LogP contribution is 2.28. The van der Waals surface area contributed by atoms with Gasteiger partial charge in [-0.1, -0.05) is 12.1 Å². The smallest absolute Gasteiger partial charge is 0.434 e. The number of aliphatic hydroxyl groups is 2. The summed E-state index contributed by atoms with van der Waals surface area (Å²) in [6.07, 6.45) is -5.11. The minimum atomic E-state index is -1.50. The Labute approximate surface area is 174 Å². The summed E-state index contributed by atoms with van der Waals surface area (Å²) in [6, 6.07) is 5.76. The number of nitrogens with two attached hydrogens (primary N) is 1. The molecule has 2 aromatic rings. The van der Waals surface area contributed by atoms with Gasteiger partial charge in [0, 0.05) is 18.6 Å². The normalized spacial score (nSPS) is 22.8. The average Bonchev–Trinajstić information content (AvgIpc) is 3.01. The Bertz CT molecular complexity index is 996. The number of anilines is 1. The van der Waals surface area contributed by atoms with Crippen molar-refractivity contribution < 1.29 is 34.1 Å². The van der Waals surface area contributed by atoms with Crippen LogP contribution in [0, 0.1) is 10.1 Å². The van der Waals surface area contributed by atoms with E-state index in [1.807, 2.05) is 0 Å². The molecule has 31 heavy (non-hydrogen) atoms. The summed E-state index contributed by atoms with van der Waals surface area (Å²) >= 11 is 0. The van der Waals surface area contributed by atoms with Crippen LogP contribution >= 0.6 is 0 Å². The fourth-order valence-electron chi connectivity index (χ4n) is 2.85. The van der Waals surface area contributed by atoms with Crippen LogP contribution in [0.25, 0.3) is 0 Å². The molecule has 1 saturated heterocycles. The molecule has 1 aliphatic rings. The third-order valence-electron chi connectivity index (χ3n) is 4.48. The van der Waals surface area contributed by atoms with E-state index in [-0.39, 0.29) is 18.2 Å². The van der Waals surface area contributed by atoms with Gasteiger partial charge in [-0.15, -0.1) is 0 Å². The molecule has 0 spiro atoms. The largest absolute Gasteiger partial charge is 0.508 e. The number of nitrogens with zero attached hydrogens (tertiary/aromatic N) is 4. The van der Waals surface area contributed by atoms with Crippen LogP contribution in [0.15, 0.2) is 35.4 Å². The van der Waals surface area contributed by atoms with Crippen molar-refractivity contribution in [2.75, 3.05) is 18.9 Å². The van der Waals surface area contributed by atoms with Crippen LogP contribution in [-0.4, -0.2) is 67.4 Å². The third kappa shape index (κ3) is 5.30. The molecule has 0 radical (unpaired) electrons. The predicted molar refractivity (Wildman–Crippen MR) is 101 cm³/mol. The van der Waals surface area contributed by atoms with Crippen molar-refractivity contribution in [2.24, 2.45) is 0 Å². The summed E-state index contributed by atoms with van der Waals surface area (Å²) in [5.41, 5.74) is 5.14. The number of nitro groups is 1. The molecule has 1 aliphatic heterocycles. The number of rotatable bonds is 7. The lowest BCUT2D eigenvalue weighted by atomic mass is 10.1. The van der Waals surface area contributed by atoms with E-state index < -0.39 is 47.9 Å². The zero-order chi connectivity index (χ0) is 22.5. The minimum absolute atomic E-state index is 0.0475. The Morgan fingerprint density at radius 2 is 1.97 bits per heavy atom. The average molecular weight is 437 g/mol. The fourth-order valence-corrected chi connectivity index (χ4v) is 2.85. The van der Waals surface area contributed by atoms with Crippen molar-refractivity contribution >= 4 is 17.8 Å². The summed E-state index contributed by atoms with van der Waals surface area (Å²) in [5, 5.41) is 30.8. The first-order chi connectivity index (χ1) is 14.8. The third-order valence-corrected chi connectivity index (χ3v) is 4.48. The molecule has 0 saturated carbocycles. The SMILES string of the molecule is Nc1ncn([C@@H]2O[C@H](COC(=O)OCCc3ccc([N+](=O)[O-])cc3)[C@@H](O)[C@H]2O)c(=O)n1. The molecular weight excluding hydrogens is 418 g/mol. The van der Waals surface area contributed by atoms with Crippen LogP contribution in [-0.2, 0) is 20.6 Å². The maximum absolute atomic E-state index is 11.9. The Morgan fingerprint density at radius 3 is 2.61 bits per heavy atom. The van der Waals surface area contributed by atoms with Gasteiger partial charge in [-0.3, -0.25) is 14.7 Å². The number of ether oxygens (including phenoxy) is 3. The Morgan fingerprint density at radius 1 is 1.26 bits per heavy atom. The number of non-ortho nitro benzene ring substituents is 1. The number of carbonyl (C=O) groups excluding carboxylic acids is 1. The predicted octanol–water partition coefficient (Wildman–Crippen LogP) is -0.856. The van der Waals surface area contributed by atoms with Crippen molar-refractivity contribution in [3.05, 3.63) is 56.8 Å². The van der Waals surface area contributed by atoms with E-state index in [1.54, 1.807) is 12.1 Å². The Kier molecular flexibility index (Phi) is 6.74. The Balaban J connectivity index is 1.46. The van der Waals surface area contributed by atoms with Crippen molar-refractivity contribution in [1.82, 2.24) is 14.5 Å². The summed E-state index contributed by atoms with van der Waals surface area (Å²) in [4.78, 5) is 40.7. The lowest BCUT2D eigenvalue weighted by Gasteiger charge is -2.16. The number of carbonyl (C=O) groups is 1. The number of nitro benzene ring substituents is 1. The highest BCUT2D eigenvalue weighted by atomic mass is 16.7. The van der Waals surface area contributed by atoms with E-state index in [2.05, 4.69) is 9.97 Å². The van der Waals surface area contributed by atoms with Gasteiger partial charge in [-0.25, -0.2) is 14.6 Å². The van der Waals surface area contributed by atoms with Crippen LogP contribution in [0.1, 0.15) is 11.8 Å². The van der Waals surface area contributed by atoms with E-state index in [0.717, 1.165) is 16.5 Å². The van der Waals surface area contributed by atoms with Crippen LogP contribution in [0.4, 0.5) is 16.4 Å². The van der Waals surface area contributed by atoms with Crippen LogP contribution in [0.5, 0.6) is 0 Å². The van der Waals surface area contributed by atoms with Gasteiger partial charge < -0.3 is 30.2 Å². The molecule has 3 rings (SSSR count). The molecule has 4 atom stereocenters. The van der Waals surface area contributed by atoms with E-state index >= 15 is 0 Å². The Hall–Kier alpha value is -3.62. The quantitative estimate of drug-likeness (QED) is 0.275. The second-order valence-corrected chi connectivity index (χ2v) is 6.53. The molecule has 0 unspecified atom stereocenters. The van der Waals surface area contributed by atoms with Gasteiger partial charge in [-0.05, 0) is 5.56 Å². The number of aliphatic hydroxyl groups excluding tert-OH is 2. The molecule has 1 aromatic carbocycles. The number of nitrogen functional groups attached to an aromatic ring is 1. The number of hydrogen-bond donors (Lipinski definition) is 3. The molecule has 14 nitrogen and oxygen atoms in total. The van der Waals surface area contributed by atoms with Crippen molar-refractivity contribution in [2.45, 2.75) is 31.0 Å². The van der Waals surface area contributed by atoms with Gasteiger partial charge in [0.1, 0.15) is 31.2 Å². The molecule has 14 heteroatoms. The molecule has 1 fully saturated rings. The first-order valence-electron chi connectivity index (χ1n) is 9.01. The zero-order valence-corrected chi connectivity index (χ0v) is 15.9. The van der Waals surface area contributed by atoms with Crippen molar-refractivity contribution in [3.63, 3.8) is 0 Å². The highest BCUT2D eigenvalue weighted by Gasteiger charge is 2.45. The monoisotopic (exact) mass is 437 g/mol. The standard InChI is InChI=1S/C17H19N5O9/c18-15-19-8-21(16(25)20-15)14-13(24)12(23)11(31-14)7-30-17(26)29-6-5-9-1-3-10(4-2-9)22(27)28/h1-4,8,11-14,23-24H,5-7H2,(H2,18,20,25)/t11-,12-,13-,14-/m1/s1. The lowest BCUT2D eigenvalue weighted by molar-refractivity contribution is -0.384. The number of benzene rings is 1. The summed E-state index contributed by atoms with van der Waals surface area (Å²) < 4.78 is 16.0. The first kappa shape index (κ1) is 22.1. The van der Waals surface area contributed by atoms with E-state index in [0.29, 0.717) is 6.42 Å². The molecular formula is C17H19N5O9. The first-order valence-corrected chi connectivity index (χ1v) is 9.01. The maximum Gasteiger partial charge on any atom is 0.508 e. The van der Waals surface area contributed by atoms with Crippen molar-refractivity contribution in [1.29, 1.82) is 0 Å². The number of hydrogen-bond acceptors (Lipinski definition) is 12. The fraction of sp³-hybridized carbons (Fsp3) is 0.412. The molecule has 0 amide bonds. The lowest BCUT2D eigenvalue weighted by Crippen LogP contribution is -2.36. The van der Waals surface area contributed by atoms with E-state index in [4.69, 9.17) is 19.9 Å². The van der Waals surface area contributed by atoms with Gasteiger partial charge in [0.15, 0.2) is 6.23 Å². The number of aromatic nitrogens is 3. The van der Waals surface area contributed by atoms with E-state index in [1.165, 1.54) is 12.1 Å². The molecule has 166 valence electrons. The van der Waals surface area contributed by atoms with Crippen LogP contribution in [0.2, 0.25) is 0 Å². The van der Waals surface area contributed by atoms with Gasteiger partial charge in [0.05, 0.1) is 11.5 Å². The summed E-state index contributed by atoms with van der Waals surface area (Å²) in [5.74, 6) is -0.259. The maximum atomic E-state index is 11.9. The minimum Gasteiger partial charge on any atom is -0.434 e. The molecule has 4 N–H and O–H groups in total. The van der Waals surface area contributed by atoms with Crippen LogP contribution < -0.4 is 11.4 Å². The zero-order valence-electron chi connectivity index (χ0n) is 15.9. The molecule has 0 aliphatic carbocycles. The van der Waals surface area contributed by atoms with E-state index in [9.17, 15) is 29.9 Å². The second kappa shape index (κ2) is 9.46. The topological polar surface area (TPSA) is 202 Å². The van der Waals surface area contributed by atoms with Gasteiger partial charge in [0.25, 0.3) is 5.69 Å². The second-order valence-electron chi connectivity index (χ2n) is 6.53. The van der Waals surface area contributed by atoms with Gasteiger partial charge in [-0.2, -0.15) is 4.98 Å². The summed E-state index contributed by atoms with van der Waals surface area (Å²) in [7, 11) is 0. The molecule has 1 aromatic heterocycles. The van der Waals surface area contributed by atoms with Gasteiger partial charge in [0.2, 0.25) is 5.95 Å². The molecule has 2 heterocycles. The molecule has 0 bridgehead atoms. The highest BCUT2D eigenvalue weighted by molar-refractivity contribution is 5.59. The van der Waals surface area contributed by atoms with Gasteiger partial charge >= 0.3 is 11.8 Å². The van der Waals surface area contributed by atoms with Crippen LogP contribution in [0.3, 0.4) is 0 Å². The summed E-state index contributed by atoms with van der Waals surface area (Å²) in [6.45, 7) is -0.496.